The average Bonchev–Trinajstić information content (AvgIpc) is 3.47. The van der Waals surface area contributed by atoms with E-state index in [2.05, 4.69) is 35.8 Å². The first kappa shape index (κ1) is 25.1. The maximum Gasteiger partial charge on any atom is 0.256 e. The van der Waals surface area contributed by atoms with Crippen molar-refractivity contribution in [1.29, 1.82) is 0 Å². The van der Waals surface area contributed by atoms with E-state index in [9.17, 15) is 12.6 Å². The van der Waals surface area contributed by atoms with Crippen molar-refractivity contribution in [3.8, 4) is 11.4 Å². The fraction of sp³-hybridized carbons (Fsp3) is 0.364. The lowest BCUT2D eigenvalue weighted by atomic mass is 10.3. The van der Waals surface area contributed by atoms with E-state index in [-0.39, 0.29) is 11.3 Å². The Labute approximate surface area is 214 Å². The van der Waals surface area contributed by atoms with E-state index < -0.39 is 19.7 Å². The Kier molecular flexibility index (Phi) is 6.37. The minimum atomic E-state index is -3.47. The third-order valence-electron chi connectivity index (χ3n) is 5.70. The molecule has 0 amide bonds. The lowest BCUT2D eigenvalue weighted by Crippen LogP contribution is -2.17. The largest absolute Gasteiger partial charge is 0.364 e. The summed E-state index contributed by atoms with van der Waals surface area (Å²) in [5.74, 6) is 1.98. The number of fused-ring (bicyclic) bond motifs is 1. The number of hydrogen-bond acceptors (Lipinski definition) is 10. The molecule has 1 atom stereocenters. The summed E-state index contributed by atoms with van der Waals surface area (Å²) in [7, 11) is -5.94. The van der Waals surface area contributed by atoms with Gasteiger partial charge in [0, 0.05) is 52.4 Å². The Balaban J connectivity index is 1.40. The molecule has 0 bridgehead atoms. The van der Waals surface area contributed by atoms with E-state index in [4.69, 9.17) is 5.14 Å². The predicted octanol–water partition coefficient (Wildman–Crippen LogP) is 1.75. The van der Waals surface area contributed by atoms with E-state index >= 15 is 0 Å². The number of nitrogens with one attached hydrogen (secondary N) is 2. The molecule has 4 N–H and O–H groups in total. The monoisotopic (exact) mass is 544 g/mol. The molecule has 0 saturated heterocycles. The Bertz CT molecular complexity index is 1690. The second-order valence-corrected chi connectivity index (χ2v) is 13.6. The third-order valence-corrected chi connectivity index (χ3v) is 8.56. The number of hydrogen-bond donors (Lipinski definition) is 3. The van der Waals surface area contributed by atoms with Crippen molar-refractivity contribution in [2.75, 3.05) is 23.4 Å². The van der Waals surface area contributed by atoms with Crippen LogP contribution in [0.2, 0.25) is 0 Å². The molecule has 1 aliphatic rings. The van der Waals surface area contributed by atoms with Crippen LogP contribution in [-0.2, 0) is 19.7 Å². The summed E-state index contributed by atoms with van der Waals surface area (Å²) in [5, 5.41) is 22.5. The topological polar surface area (TPSA) is 176 Å². The van der Waals surface area contributed by atoms with Crippen molar-refractivity contribution < 1.29 is 12.6 Å². The van der Waals surface area contributed by atoms with E-state index in [0.29, 0.717) is 48.2 Å². The maximum absolute atomic E-state index is 12.4. The molecular formula is C22H28N10O3S2. The van der Waals surface area contributed by atoms with E-state index in [1.807, 2.05) is 24.6 Å². The van der Waals surface area contributed by atoms with Crippen LogP contribution in [0.5, 0.6) is 0 Å². The summed E-state index contributed by atoms with van der Waals surface area (Å²) in [6, 6.07) is 3.64. The molecule has 0 aliphatic heterocycles. The smallest absolute Gasteiger partial charge is 0.256 e. The SMILES string of the molecule is CC(C)n1nc(NCC=S(C)(N)=O)c2cnc(Nc3ccnc(-c4cnn(S(=O)(=O)C5CC5)c4)n3)cc21. The summed E-state index contributed by atoms with van der Waals surface area (Å²) in [6.45, 7) is 4.35. The normalized spacial score (nSPS) is 15.6. The van der Waals surface area contributed by atoms with Crippen LogP contribution in [-0.4, -0.2) is 70.0 Å². The molecule has 4 heterocycles. The highest BCUT2D eigenvalue weighted by atomic mass is 32.2. The molecule has 0 aromatic carbocycles. The highest BCUT2D eigenvalue weighted by Crippen LogP contribution is 2.31. The van der Waals surface area contributed by atoms with Crippen molar-refractivity contribution in [3.63, 3.8) is 0 Å². The van der Waals surface area contributed by atoms with Gasteiger partial charge in [0.15, 0.2) is 11.6 Å². The zero-order valence-corrected chi connectivity index (χ0v) is 22.2. The first-order valence-electron chi connectivity index (χ1n) is 11.6. The standard InChI is InChI=1S/C22H28N10O3S2/c1-14(2)32-18-10-20(26-12-17(18)22(30-32)25-8-9-36(3,23)33)28-19-6-7-24-21(29-19)15-11-27-31(13-15)37(34,35)16-4-5-16/h6-7,9-14,16H,4-5,8H2,1-3H3,(H2,23,33)(H,25,30)(H,24,26,28,29). The second-order valence-electron chi connectivity index (χ2n) is 9.22. The van der Waals surface area contributed by atoms with E-state index in [0.717, 1.165) is 15.0 Å². The molecule has 13 nitrogen and oxygen atoms in total. The Hall–Kier alpha value is -3.56. The van der Waals surface area contributed by atoms with Crippen LogP contribution in [0.25, 0.3) is 22.3 Å². The van der Waals surface area contributed by atoms with Crippen molar-refractivity contribution in [2.45, 2.75) is 38.0 Å². The molecular weight excluding hydrogens is 516 g/mol. The van der Waals surface area contributed by atoms with Gasteiger partial charge in [-0.05, 0) is 32.8 Å². The molecule has 1 saturated carbocycles. The molecule has 37 heavy (non-hydrogen) atoms. The summed E-state index contributed by atoms with van der Waals surface area (Å²) in [4.78, 5) is 13.3. The predicted molar refractivity (Wildman–Crippen MR) is 145 cm³/mol. The summed E-state index contributed by atoms with van der Waals surface area (Å²) in [5.41, 5.74) is 1.34. The van der Waals surface area contributed by atoms with Crippen molar-refractivity contribution in [3.05, 3.63) is 36.9 Å². The molecule has 1 fully saturated rings. The molecule has 15 heteroatoms. The first-order valence-corrected chi connectivity index (χ1v) is 15.2. The summed E-state index contributed by atoms with van der Waals surface area (Å²) >= 11 is 0. The van der Waals surface area contributed by atoms with Gasteiger partial charge in [-0.1, -0.05) is 0 Å². The van der Waals surface area contributed by atoms with E-state index in [1.165, 1.54) is 24.0 Å². The molecule has 1 unspecified atom stereocenters. The molecule has 1 aliphatic carbocycles. The zero-order chi connectivity index (χ0) is 26.4. The number of nitrogens with two attached hydrogens (primary N) is 1. The quantitative estimate of drug-likeness (QED) is 0.263. The fourth-order valence-corrected chi connectivity index (χ4v) is 5.60. The number of rotatable bonds is 9. The van der Waals surface area contributed by atoms with Gasteiger partial charge < -0.3 is 10.6 Å². The van der Waals surface area contributed by atoms with Crippen LogP contribution in [0.3, 0.4) is 0 Å². The molecule has 4 aromatic rings. The van der Waals surface area contributed by atoms with Gasteiger partial charge in [-0.3, -0.25) is 14.0 Å². The lowest BCUT2D eigenvalue weighted by Gasteiger charge is -2.09. The number of aromatic nitrogens is 7. The van der Waals surface area contributed by atoms with Gasteiger partial charge >= 0.3 is 0 Å². The molecule has 5 rings (SSSR count). The first-order chi connectivity index (χ1) is 17.5. The van der Waals surface area contributed by atoms with Crippen LogP contribution in [0.4, 0.5) is 17.5 Å². The lowest BCUT2D eigenvalue weighted by molar-refractivity contribution is 0.552. The van der Waals surface area contributed by atoms with Gasteiger partial charge in [0.05, 0.1) is 34.1 Å². The van der Waals surface area contributed by atoms with Crippen LogP contribution in [0, 0.1) is 0 Å². The molecule has 4 aromatic heterocycles. The van der Waals surface area contributed by atoms with Gasteiger partial charge in [-0.15, -0.1) is 0 Å². The molecule has 0 radical (unpaired) electrons. The third kappa shape index (κ3) is 5.42. The summed E-state index contributed by atoms with van der Waals surface area (Å²) in [6.07, 6.45) is 8.95. The average molecular weight is 545 g/mol. The van der Waals surface area contributed by atoms with Crippen LogP contribution >= 0.6 is 0 Å². The van der Waals surface area contributed by atoms with Crippen LogP contribution < -0.4 is 15.8 Å². The Morgan fingerprint density at radius 2 is 1.97 bits per heavy atom. The molecule has 196 valence electrons. The van der Waals surface area contributed by atoms with Crippen molar-refractivity contribution in [2.24, 2.45) is 5.14 Å². The van der Waals surface area contributed by atoms with Gasteiger partial charge in [0.25, 0.3) is 10.0 Å². The minimum Gasteiger partial charge on any atom is -0.364 e. The Morgan fingerprint density at radius 1 is 1.19 bits per heavy atom. The Morgan fingerprint density at radius 3 is 2.68 bits per heavy atom. The van der Waals surface area contributed by atoms with Gasteiger partial charge in [-0.25, -0.2) is 23.4 Å². The number of nitrogens with zero attached hydrogens (tertiary/aromatic N) is 7. The highest BCUT2D eigenvalue weighted by Gasteiger charge is 2.37. The van der Waals surface area contributed by atoms with Crippen molar-refractivity contribution in [1.82, 2.24) is 33.9 Å². The fourth-order valence-electron chi connectivity index (χ4n) is 3.71. The highest BCUT2D eigenvalue weighted by molar-refractivity contribution is 7.98. The van der Waals surface area contributed by atoms with Crippen LogP contribution in [0.15, 0.2) is 36.9 Å². The van der Waals surface area contributed by atoms with Crippen molar-refractivity contribution >= 4 is 53.5 Å². The van der Waals surface area contributed by atoms with Gasteiger partial charge in [-0.2, -0.15) is 14.3 Å². The molecule has 0 spiro atoms. The van der Waals surface area contributed by atoms with Gasteiger partial charge in [0.2, 0.25) is 0 Å². The van der Waals surface area contributed by atoms with Gasteiger partial charge in [0.1, 0.15) is 11.6 Å². The maximum atomic E-state index is 12.4. The second kappa shape index (κ2) is 9.39. The summed E-state index contributed by atoms with van der Waals surface area (Å²) < 4.78 is 39.5. The van der Waals surface area contributed by atoms with E-state index in [1.54, 1.807) is 18.5 Å². The zero-order valence-electron chi connectivity index (χ0n) is 20.6. The minimum absolute atomic E-state index is 0.0799. The number of anilines is 3. The number of pyridine rings is 1. The van der Waals surface area contributed by atoms with Crippen LogP contribution in [0.1, 0.15) is 32.7 Å².